The molecule has 4 nitrogen and oxygen atoms in total. The fraction of sp³-hybridized carbons (Fsp3) is 0.429. The van der Waals surface area contributed by atoms with Crippen molar-refractivity contribution < 1.29 is 9.63 Å². The molecule has 1 N–H and O–H groups in total. The summed E-state index contributed by atoms with van der Waals surface area (Å²) in [6, 6.07) is 5.36. The van der Waals surface area contributed by atoms with Crippen LogP contribution in [0.2, 0.25) is 10.0 Å². The smallest absolute Gasteiger partial charge is 0.232 e. The summed E-state index contributed by atoms with van der Waals surface area (Å²) in [7, 11) is 0. The standard InChI is InChI=1S/C14H14Cl2N2O2/c15-10-4-2-5-11(16)9(10)7-13-17-14(20-18-13)8-3-1-6-12(8)19/h2,4-5,8,12,19H,1,3,6-7H2. The number of hydrogen-bond acceptors (Lipinski definition) is 4. The molecule has 0 amide bonds. The van der Waals surface area contributed by atoms with E-state index < -0.39 is 0 Å². The van der Waals surface area contributed by atoms with Crippen molar-refractivity contribution in [2.45, 2.75) is 37.7 Å². The molecule has 1 fully saturated rings. The van der Waals surface area contributed by atoms with Crippen molar-refractivity contribution in [2.24, 2.45) is 0 Å². The average Bonchev–Trinajstić information content (AvgIpc) is 3.02. The summed E-state index contributed by atoms with van der Waals surface area (Å²) in [6.07, 6.45) is 2.70. The normalized spacial score (nSPS) is 22.4. The highest BCUT2D eigenvalue weighted by Gasteiger charge is 2.31. The van der Waals surface area contributed by atoms with Crippen LogP contribution in [0.5, 0.6) is 0 Å². The molecule has 3 rings (SSSR count). The molecule has 0 radical (unpaired) electrons. The van der Waals surface area contributed by atoms with Crippen LogP contribution in [0.4, 0.5) is 0 Å². The molecule has 0 saturated heterocycles. The van der Waals surface area contributed by atoms with E-state index in [0.29, 0.717) is 28.2 Å². The number of aliphatic hydroxyl groups excluding tert-OH is 1. The number of benzene rings is 1. The molecule has 2 unspecified atom stereocenters. The summed E-state index contributed by atoms with van der Waals surface area (Å²) in [5.41, 5.74) is 0.787. The van der Waals surface area contributed by atoms with E-state index in [1.807, 2.05) is 0 Å². The van der Waals surface area contributed by atoms with Crippen molar-refractivity contribution >= 4 is 23.2 Å². The van der Waals surface area contributed by atoms with Gasteiger partial charge in [-0.05, 0) is 37.0 Å². The van der Waals surface area contributed by atoms with E-state index in [4.69, 9.17) is 27.7 Å². The van der Waals surface area contributed by atoms with Crippen LogP contribution < -0.4 is 0 Å². The van der Waals surface area contributed by atoms with E-state index >= 15 is 0 Å². The summed E-state index contributed by atoms with van der Waals surface area (Å²) in [5, 5.41) is 15.0. The third-order valence-electron chi connectivity index (χ3n) is 3.68. The lowest BCUT2D eigenvalue weighted by atomic mass is 10.1. The summed E-state index contributed by atoms with van der Waals surface area (Å²) >= 11 is 12.3. The number of aromatic nitrogens is 2. The van der Waals surface area contributed by atoms with Gasteiger partial charge in [0, 0.05) is 16.5 Å². The zero-order chi connectivity index (χ0) is 14.1. The maximum absolute atomic E-state index is 9.86. The maximum atomic E-state index is 9.86. The van der Waals surface area contributed by atoms with Gasteiger partial charge in [0.05, 0.1) is 12.0 Å². The van der Waals surface area contributed by atoms with Crippen molar-refractivity contribution in [3.8, 4) is 0 Å². The Bertz CT molecular complexity index is 595. The Morgan fingerprint density at radius 3 is 2.65 bits per heavy atom. The van der Waals surface area contributed by atoms with Gasteiger partial charge in [0.25, 0.3) is 0 Å². The average molecular weight is 313 g/mol. The number of hydrogen-bond donors (Lipinski definition) is 1. The highest BCUT2D eigenvalue weighted by atomic mass is 35.5. The predicted octanol–water partition coefficient (Wildman–Crippen LogP) is 3.60. The second-order valence-corrected chi connectivity index (χ2v) is 5.84. The van der Waals surface area contributed by atoms with E-state index in [1.54, 1.807) is 18.2 Å². The largest absolute Gasteiger partial charge is 0.392 e. The monoisotopic (exact) mass is 312 g/mol. The fourth-order valence-corrected chi connectivity index (χ4v) is 3.11. The van der Waals surface area contributed by atoms with Gasteiger partial charge in [-0.3, -0.25) is 0 Å². The highest BCUT2D eigenvalue weighted by Crippen LogP contribution is 2.34. The minimum Gasteiger partial charge on any atom is -0.392 e. The summed E-state index contributed by atoms with van der Waals surface area (Å²) in [5.74, 6) is 1.00. The van der Waals surface area contributed by atoms with Crippen LogP contribution in [0.25, 0.3) is 0 Å². The Morgan fingerprint density at radius 2 is 2.00 bits per heavy atom. The van der Waals surface area contributed by atoms with Crippen molar-refractivity contribution in [3.05, 3.63) is 45.5 Å². The second-order valence-electron chi connectivity index (χ2n) is 5.03. The van der Waals surface area contributed by atoms with E-state index in [0.717, 1.165) is 24.8 Å². The highest BCUT2D eigenvalue weighted by molar-refractivity contribution is 6.36. The summed E-state index contributed by atoms with van der Waals surface area (Å²) < 4.78 is 5.26. The van der Waals surface area contributed by atoms with Crippen LogP contribution in [0.3, 0.4) is 0 Å². The maximum Gasteiger partial charge on any atom is 0.232 e. The molecule has 6 heteroatoms. The van der Waals surface area contributed by atoms with Crippen LogP contribution >= 0.6 is 23.2 Å². The van der Waals surface area contributed by atoms with Gasteiger partial charge < -0.3 is 9.63 Å². The number of rotatable bonds is 3. The van der Waals surface area contributed by atoms with Crippen LogP contribution in [0, 0.1) is 0 Å². The van der Waals surface area contributed by atoms with Gasteiger partial charge in [0.15, 0.2) is 5.82 Å². The molecule has 0 spiro atoms. The Hall–Kier alpha value is -1.10. The van der Waals surface area contributed by atoms with Gasteiger partial charge in [0.1, 0.15) is 0 Å². The molecule has 20 heavy (non-hydrogen) atoms. The SMILES string of the molecule is OC1CCCC1c1nc(Cc2c(Cl)cccc2Cl)no1. The molecule has 0 aliphatic heterocycles. The van der Waals surface area contributed by atoms with E-state index in [9.17, 15) is 5.11 Å². The second kappa shape index (κ2) is 5.72. The number of aliphatic hydroxyl groups is 1. The molecule has 1 aromatic carbocycles. The van der Waals surface area contributed by atoms with E-state index in [-0.39, 0.29) is 12.0 Å². The Balaban J connectivity index is 1.81. The van der Waals surface area contributed by atoms with Crippen LogP contribution in [-0.2, 0) is 6.42 Å². The van der Waals surface area contributed by atoms with Crippen LogP contribution in [-0.4, -0.2) is 21.4 Å². The van der Waals surface area contributed by atoms with Gasteiger partial charge in [-0.1, -0.05) is 34.4 Å². The Morgan fingerprint density at radius 1 is 1.25 bits per heavy atom. The first-order valence-corrected chi connectivity index (χ1v) is 7.34. The quantitative estimate of drug-likeness (QED) is 0.940. The summed E-state index contributed by atoms with van der Waals surface area (Å²) in [4.78, 5) is 4.37. The number of nitrogens with zero attached hydrogens (tertiary/aromatic N) is 2. The van der Waals surface area contributed by atoms with Crippen LogP contribution in [0.15, 0.2) is 22.7 Å². The molecule has 106 valence electrons. The zero-order valence-corrected chi connectivity index (χ0v) is 12.2. The molecule has 1 heterocycles. The van der Waals surface area contributed by atoms with Gasteiger partial charge in [-0.25, -0.2) is 0 Å². The fourth-order valence-electron chi connectivity index (χ4n) is 2.58. The lowest BCUT2D eigenvalue weighted by Gasteiger charge is -2.07. The minimum atomic E-state index is -0.382. The van der Waals surface area contributed by atoms with Gasteiger partial charge in [-0.15, -0.1) is 0 Å². The molecule has 0 bridgehead atoms. The summed E-state index contributed by atoms with van der Waals surface area (Å²) in [6.45, 7) is 0. The lowest BCUT2D eigenvalue weighted by molar-refractivity contribution is 0.148. The van der Waals surface area contributed by atoms with Crippen LogP contribution in [0.1, 0.15) is 42.5 Å². The molecule has 1 aliphatic carbocycles. The molecule has 1 aliphatic rings. The van der Waals surface area contributed by atoms with E-state index in [2.05, 4.69) is 10.1 Å². The Labute approximate surface area is 126 Å². The third-order valence-corrected chi connectivity index (χ3v) is 4.39. The van der Waals surface area contributed by atoms with Gasteiger partial charge in [0.2, 0.25) is 5.89 Å². The lowest BCUT2D eigenvalue weighted by Crippen LogP contribution is -2.11. The first-order chi connectivity index (χ1) is 9.65. The minimum absolute atomic E-state index is 0.0435. The van der Waals surface area contributed by atoms with Crippen molar-refractivity contribution in [3.63, 3.8) is 0 Å². The van der Waals surface area contributed by atoms with Crippen molar-refractivity contribution in [1.82, 2.24) is 10.1 Å². The molecule has 1 aromatic heterocycles. The van der Waals surface area contributed by atoms with Crippen molar-refractivity contribution in [2.75, 3.05) is 0 Å². The molecular formula is C14H14Cl2N2O2. The van der Waals surface area contributed by atoms with E-state index in [1.165, 1.54) is 0 Å². The molecule has 2 atom stereocenters. The third kappa shape index (κ3) is 2.68. The predicted molar refractivity (Wildman–Crippen MR) is 76.2 cm³/mol. The molecule has 2 aromatic rings. The van der Waals surface area contributed by atoms with Gasteiger partial charge >= 0.3 is 0 Å². The first-order valence-electron chi connectivity index (χ1n) is 6.58. The molecular weight excluding hydrogens is 299 g/mol. The Kier molecular flexibility index (Phi) is 3.96. The molecule has 1 saturated carbocycles. The number of halogens is 2. The zero-order valence-electron chi connectivity index (χ0n) is 10.7. The van der Waals surface area contributed by atoms with Crippen molar-refractivity contribution in [1.29, 1.82) is 0 Å². The topological polar surface area (TPSA) is 59.2 Å². The first kappa shape index (κ1) is 13.9. The van der Waals surface area contributed by atoms with Gasteiger partial charge in [-0.2, -0.15) is 4.98 Å².